The summed E-state index contributed by atoms with van der Waals surface area (Å²) < 4.78 is 4.99. The summed E-state index contributed by atoms with van der Waals surface area (Å²) >= 11 is 0. The average Bonchev–Trinajstić information content (AvgIpc) is 2.37. The van der Waals surface area contributed by atoms with Crippen molar-refractivity contribution in [2.24, 2.45) is 5.41 Å². The molecule has 0 aliphatic heterocycles. The fraction of sp³-hybridized carbons (Fsp3) is 0.562. The van der Waals surface area contributed by atoms with Crippen molar-refractivity contribution < 1.29 is 9.53 Å². The van der Waals surface area contributed by atoms with Crippen LogP contribution in [0.5, 0.6) is 0 Å². The largest absolute Gasteiger partial charge is 0.469 e. The second kappa shape index (κ2) is 6.58. The number of ether oxygens (including phenoxy) is 1. The van der Waals surface area contributed by atoms with Crippen LogP contribution in [0.2, 0.25) is 0 Å². The predicted octanol–water partition coefficient (Wildman–Crippen LogP) is 4.16. The van der Waals surface area contributed by atoms with E-state index in [2.05, 4.69) is 20.8 Å². The van der Waals surface area contributed by atoms with Crippen molar-refractivity contribution in [1.29, 1.82) is 0 Å². The average molecular weight is 248 g/mol. The number of rotatable bonds is 6. The molecule has 1 atom stereocenters. The maximum absolute atomic E-state index is 12.1. The van der Waals surface area contributed by atoms with E-state index in [1.165, 1.54) is 7.11 Å². The van der Waals surface area contributed by atoms with Gasteiger partial charge in [-0.05, 0) is 17.4 Å². The lowest BCUT2D eigenvalue weighted by Crippen LogP contribution is -2.30. The Labute approximate surface area is 110 Å². The molecule has 1 rings (SSSR count). The zero-order valence-electron chi connectivity index (χ0n) is 11.9. The highest BCUT2D eigenvalue weighted by atomic mass is 16.5. The van der Waals surface area contributed by atoms with Gasteiger partial charge in [0.05, 0.1) is 13.0 Å². The number of hydrogen-bond acceptors (Lipinski definition) is 2. The van der Waals surface area contributed by atoms with E-state index in [-0.39, 0.29) is 17.3 Å². The highest BCUT2D eigenvalue weighted by Gasteiger charge is 2.36. The molecule has 0 radical (unpaired) electrons. The molecule has 0 saturated heterocycles. The van der Waals surface area contributed by atoms with Crippen LogP contribution in [0, 0.1) is 5.41 Å². The monoisotopic (exact) mass is 248 g/mol. The fourth-order valence-corrected chi connectivity index (χ4v) is 2.45. The van der Waals surface area contributed by atoms with Gasteiger partial charge in [0.1, 0.15) is 0 Å². The third kappa shape index (κ3) is 3.59. The van der Waals surface area contributed by atoms with Crippen LogP contribution in [0.4, 0.5) is 0 Å². The second-order valence-corrected chi connectivity index (χ2v) is 5.46. The number of esters is 1. The molecule has 1 aromatic carbocycles. The third-order valence-corrected chi connectivity index (χ3v) is 3.53. The van der Waals surface area contributed by atoms with Crippen LogP contribution in [-0.2, 0) is 9.53 Å². The van der Waals surface area contributed by atoms with Gasteiger partial charge in [-0.2, -0.15) is 0 Å². The molecule has 0 heterocycles. The van der Waals surface area contributed by atoms with Gasteiger partial charge in [-0.15, -0.1) is 0 Å². The van der Waals surface area contributed by atoms with Crippen LogP contribution >= 0.6 is 0 Å². The molecular weight excluding hydrogens is 224 g/mol. The Bertz CT molecular complexity index is 368. The molecule has 0 bridgehead atoms. The van der Waals surface area contributed by atoms with Gasteiger partial charge in [0.2, 0.25) is 0 Å². The molecule has 0 spiro atoms. The maximum atomic E-state index is 12.1. The van der Waals surface area contributed by atoms with Crippen molar-refractivity contribution in [2.45, 2.75) is 46.0 Å². The van der Waals surface area contributed by atoms with E-state index in [1.54, 1.807) is 0 Å². The smallest absolute Gasteiger partial charge is 0.313 e. The predicted molar refractivity (Wildman–Crippen MR) is 74.5 cm³/mol. The summed E-state index contributed by atoms with van der Waals surface area (Å²) in [5, 5.41) is 0. The molecule has 0 unspecified atom stereocenters. The number of methoxy groups -OCH3 is 1. The second-order valence-electron chi connectivity index (χ2n) is 5.46. The quantitative estimate of drug-likeness (QED) is 0.707. The summed E-state index contributed by atoms with van der Waals surface area (Å²) in [7, 11) is 1.47. The van der Waals surface area contributed by atoms with Crippen molar-refractivity contribution in [3.63, 3.8) is 0 Å². The van der Waals surface area contributed by atoms with E-state index >= 15 is 0 Å². The Morgan fingerprint density at radius 2 is 1.89 bits per heavy atom. The summed E-state index contributed by atoms with van der Waals surface area (Å²) in [5.41, 5.74) is 0.968. The van der Waals surface area contributed by atoms with E-state index < -0.39 is 0 Å². The molecule has 0 aromatic heterocycles. The van der Waals surface area contributed by atoms with Gasteiger partial charge in [0.25, 0.3) is 0 Å². The van der Waals surface area contributed by atoms with E-state index in [0.29, 0.717) is 0 Å². The Balaban J connectivity index is 3.02. The lowest BCUT2D eigenvalue weighted by Gasteiger charge is -2.32. The van der Waals surface area contributed by atoms with Crippen LogP contribution in [-0.4, -0.2) is 13.1 Å². The highest BCUT2D eigenvalue weighted by Crippen LogP contribution is 2.40. The van der Waals surface area contributed by atoms with Gasteiger partial charge >= 0.3 is 5.97 Å². The number of carbonyl (C=O) groups is 1. The summed E-state index contributed by atoms with van der Waals surface area (Å²) in [4.78, 5) is 12.1. The normalized spacial score (nSPS) is 13.1. The van der Waals surface area contributed by atoms with Crippen molar-refractivity contribution in [2.75, 3.05) is 7.11 Å². The van der Waals surface area contributed by atoms with Crippen LogP contribution in [0.1, 0.15) is 51.5 Å². The van der Waals surface area contributed by atoms with E-state index in [0.717, 1.165) is 24.8 Å². The van der Waals surface area contributed by atoms with E-state index in [1.807, 2.05) is 30.3 Å². The first-order valence-corrected chi connectivity index (χ1v) is 6.65. The molecule has 0 saturated carbocycles. The number of carbonyl (C=O) groups excluding carboxylic acids is 1. The summed E-state index contributed by atoms with van der Waals surface area (Å²) in [6.07, 6.45) is 3.30. The van der Waals surface area contributed by atoms with Gasteiger partial charge in [-0.1, -0.05) is 63.9 Å². The van der Waals surface area contributed by atoms with Crippen LogP contribution < -0.4 is 0 Å². The lowest BCUT2D eigenvalue weighted by atomic mass is 9.72. The fourth-order valence-electron chi connectivity index (χ4n) is 2.45. The third-order valence-electron chi connectivity index (χ3n) is 3.53. The Kier molecular flexibility index (Phi) is 5.39. The van der Waals surface area contributed by atoms with Gasteiger partial charge in [-0.3, -0.25) is 4.79 Å². The summed E-state index contributed by atoms with van der Waals surface area (Å²) in [6, 6.07) is 9.93. The van der Waals surface area contributed by atoms with Gasteiger partial charge < -0.3 is 4.74 Å². The first kappa shape index (κ1) is 14.7. The number of benzene rings is 1. The molecule has 0 fully saturated rings. The number of unbranched alkanes of at least 4 members (excludes halogenated alkanes) is 1. The molecule has 0 amide bonds. The molecule has 100 valence electrons. The van der Waals surface area contributed by atoms with Gasteiger partial charge in [0, 0.05) is 0 Å². The minimum Gasteiger partial charge on any atom is -0.469 e. The minimum atomic E-state index is -0.185. The standard InChI is InChI=1S/C16H24O2/c1-5-6-12-16(2,3)14(15(17)18-4)13-10-8-7-9-11-13/h7-11,14H,5-6,12H2,1-4H3/t14-/m1/s1. The first-order chi connectivity index (χ1) is 8.53. The van der Waals surface area contributed by atoms with Crippen molar-refractivity contribution >= 4 is 5.97 Å². The van der Waals surface area contributed by atoms with Gasteiger partial charge in [0.15, 0.2) is 0 Å². The molecule has 0 N–H and O–H groups in total. The molecule has 2 heteroatoms. The highest BCUT2D eigenvalue weighted by molar-refractivity contribution is 5.79. The van der Waals surface area contributed by atoms with Crippen LogP contribution in [0.25, 0.3) is 0 Å². The van der Waals surface area contributed by atoms with E-state index in [4.69, 9.17) is 4.74 Å². The molecular formula is C16H24O2. The van der Waals surface area contributed by atoms with Crippen molar-refractivity contribution in [1.82, 2.24) is 0 Å². The molecule has 1 aromatic rings. The topological polar surface area (TPSA) is 26.3 Å². The van der Waals surface area contributed by atoms with Gasteiger partial charge in [-0.25, -0.2) is 0 Å². The van der Waals surface area contributed by atoms with Crippen LogP contribution in [0.15, 0.2) is 30.3 Å². The minimum absolute atomic E-state index is 0.0789. The summed E-state index contributed by atoms with van der Waals surface area (Å²) in [5.74, 6) is -0.322. The molecule has 2 nitrogen and oxygen atoms in total. The zero-order chi connectivity index (χ0) is 13.6. The first-order valence-electron chi connectivity index (χ1n) is 6.65. The van der Waals surface area contributed by atoms with E-state index in [9.17, 15) is 4.79 Å². The molecule has 0 aliphatic carbocycles. The number of hydrogen-bond donors (Lipinski definition) is 0. The maximum Gasteiger partial charge on any atom is 0.313 e. The molecule has 18 heavy (non-hydrogen) atoms. The SMILES string of the molecule is CCCCC(C)(C)[C@@H](C(=O)OC)c1ccccc1. The zero-order valence-corrected chi connectivity index (χ0v) is 11.9. The van der Waals surface area contributed by atoms with Crippen LogP contribution in [0.3, 0.4) is 0 Å². The summed E-state index contributed by atoms with van der Waals surface area (Å²) in [6.45, 7) is 6.47. The van der Waals surface area contributed by atoms with Crippen molar-refractivity contribution in [3.8, 4) is 0 Å². The van der Waals surface area contributed by atoms with Crippen molar-refractivity contribution in [3.05, 3.63) is 35.9 Å². The Morgan fingerprint density at radius 3 is 2.39 bits per heavy atom. The lowest BCUT2D eigenvalue weighted by molar-refractivity contribution is -0.145. The Morgan fingerprint density at radius 1 is 1.28 bits per heavy atom. The molecule has 0 aliphatic rings. The Hall–Kier alpha value is -1.31.